The van der Waals surface area contributed by atoms with Gasteiger partial charge in [-0.25, -0.2) is 14.4 Å². The molecule has 0 atom stereocenters. The van der Waals surface area contributed by atoms with Gasteiger partial charge in [0.25, 0.3) is 0 Å². The molecule has 0 aliphatic carbocycles. The molecule has 2 N–H and O–H groups in total. The molecule has 0 unspecified atom stereocenters. The van der Waals surface area contributed by atoms with E-state index in [9.17, 15) is 14.6 Å². The maximum atomic E-state index is 14.2. The molecular weight excluding hydrogens is 259 g/mol. The molecule has 0 aromatic carbocycles. The fourth-order valence-electron chi connectivity index (χ4n) is 1.81. The van der Waals surface area contributed by atoms with Crippen molar-refractivity contribution in [1.82, 2.24) is 19.4 Å². The minimum Gasteiger partial charge on any atom is -0.492 e. The van der Waals surface area contributed by atoms with E-state index >= 15 is 0 Å². The van der Waals surface area contributed by atoms with Gasteiger partial charge in [0, 0.05) is 12.4 Å². The summed E-state index contributed by atoms with van der Waals surface area (Å²) in [6.07, 6.45) is 4.43. The van der Waals surface area contributed by atoms with Gasteiger partial charge in [-0.05, 0) is 6.26 Å². The number of nitrogens with zero attached hydrogens (tertiary/aromatic N) is 4. The zero-order valence-corrected chi connectivity index (χ0v) is 9.94. The van der Waals surface area contributed by atoms with Crippen molar-refractivity contribution >= 4 is 28.3 Å². The number of halogens is 1. The number of hydrogen-bond donors (Lipinski definition) is 2. The van der Waals surface area contributed by atoms with Gasteiger partial charge in [0.05, 0.1) is 0 Å². The van der Waals surface area contributed by atoms with E-state index in [4.69, 9.17) is 0 Å². The van der Waals surface area contributed by atoms with Crippen LogP contribution in [0.2, 0.25) is 0 Å². The van der Waals surface area contributed by atoms with E-state index in [2.05, 4.69) is 15.0 Å². The number of hydrogen-bond acceptors (Lipinski definition) is 6. The Hall–Kier alpha value is -2.09. The van der Waals surface area contributed by atoms with E-state index in [0.29, 0.717) is 0 Å². The predicted molar refractivity (Wildman–Crippen MR) is 63.4 cm³/mol. The quantitative estimate of drug-likeness (QED) is 0.513. The van der Waals surface area contributed by atoms with E-state index in [-0.39, 0.29) is 27.6 Å². The second-order valence-electron chi connectivity index (χ2n) is 3.51. The molecule has 18 heavy (non-hydrogen) atoms. The number of rotatable bonds is 1. The van der Waals surface area contributed by atoms with Crippen molar-refractivity contribution < 1.29 is 14.6 Å². The molecule has 0 spiro atoms. The first-order valence-electron chi connectivity index (χ1n) is 4.91. The molecule has 0 fully saturated rings. The second kappa shape index (κ2) is 3.70. The first-order valence-corrected chi connectivity index (χ1v) is 6.14. The molecule has 3 rings (SSSR count). The lowest BCUT2D eigenvalue weighted by Gasteiger charge is -2.00. The summed E-state index contributed by atoms with van der Waals surface area (Å²) in [7, 11) is 0. The number of aromatic nitrogens is 4. The van der Waals surface area contributed by atoms with E-state index < -0.39 is 11.7 Å². The van der Waals surface area contributed by atoms with Crippen LogP contribution in [0.15, 0.2) is 17.6 Å². The van der Waals surface area contributed by atoms with Crippen molar-refractivity contribution in [2.75, 3.05) is 6.26 Å². The summed E-state index contributed by atoms with van der Waals surface area (Å²) in [5.41, 5.74) is -0.0662. The molecule has 0 aliphatic heterocycles. The highest BCUT2D eigenvalue weighted by molar-refractivity contribution is 7.98. The Morgan fingerprint density at radius 3 is 2.72 bits per heavy atom. The van der Waals surface area contributed by atoms with Crippen molar-refractivity contribution in [3.05, 3.63) is 18.2 Å². The molecule has 0 bridgehead atoms. The Balaban J connectivity index is 2.59. The SMILES string of the molecule is CSc1nc(O)c2c(n1)c(F)c1c(O)nccn12. The third kappa shape index (κ3) is 1.32. The summed E-state index contributed by atoms with van der Waals surface area (Å²) in [6, 6.07) is 0. The van der Waals surface area contributed by atoms with E-state index in [1.54, 1.807) is 6.26 Å². The Labute approximate surface area is 104 Å². The van der Waals surface area contributed by atoms with Gasteiger partial charge in [-0.2, -0.15) is 4.98 Å². The maximum absolute atomic E-state index is 14.2. The molecule has 3 aromatic rings. The van der Waals surface area contributed by atoms with E-state index in [1.807, 2.05) is 0 Å². The lowest BCUT2D eigenvalue weighted by Crippen LogP contribution is -1.90. The normalized spacial score (nSPS) is 11.4. The van der Waals surface area contributed by atoms with Crippen molar-refractivity contribution in [2.24, 2.45) is 0 Å². The number of aromatic hydroxyl groups is 2. The van der Waals surface area contributed by atoms with Crippen LogP contribution in [-0.4, -0.2) is 35.8 Å². The maximum Gasteiger partial charge on any atom is 0.240 e. The lowest BCUT2D eigenvalue weighted by molar-refractivity contribution is 0.450. The van der Waals surface area contributed by atoms with Gasteiger partial charge in [-0.3, -0.25) is 0 Å². The number of fused-ring (bicyclic) bond motifs is 3. The first-order chi connectivity index (χ1) is 8.63. The Bertz CT molecular complexity index is 773. The Kier molecular flexibility index (Phi) is 2.27. The summed E-state index contributed by atoms with van der Waals surface area (Å²) in [5, 5.41) is 19.6. The Morgan fingerprint density at radius 2 is 2.00 bits per heavy atom. The first kappa shape index (κ1) is 11.0. The fourth-order valence-corrected chi connectivity index (χ4v) is 2.17. The molecule has 0 saturated heterocycles. The van der Waals surface area contributed by atoms with Crippen molar-refractivity contribution in [1.29, 1.82) is 0 Å². The van der Waals surface area contributed by atoms with Gasteiger partial charge < -0.3 is 14.6 Å². The summed E-state index contributed by atoms with van der Waals surface area (Å²) >= 11 is 1.18. The smallest absolute Gasteiger partial charge is 0.240 e. The average Bonchev–Trinajstić information content (AvgIpc) is 2.65. The molecule has 0 amide bonds. The van der Waals surface area contributed by atoms with Gasteiger partial charge in [-0.1, -0.05) is 11.8 Å². The highest BCUT2D eigenvalue weighted by Gasteiger charge is 2.21. The van der Waals surface area contributed by atoms with Gasteiger partial charge in [-0.15, -0.1) is 0 Å². The standard InChI is InChI=1S/C10H7FN4O2S/c1-18-10-13-5-4(11)6-8(16)12-2-3-15(6)7(5)9(17)14-10/h2-3H,1H3,(H,12,16)(H,13,14,17). The second-order valence-corrected chi connectivity index (χ2v) is 4.29. The monoisotopic (exact) mass is 266 g/mol. The zero-order chi connectivity index (χ0) is 12.9. The van der Waals surface area contributed by atoms with Crippen LogP contribution >= 0.6 is 11.8 Å². The van der Waals surface area contributed by atoms with Gasteiger partial charge in [0.15, 0.2) is 11.0 Å². The zero-order valence-electron chi connectivity index (χ0n) is 9.12. The summed E-state index contributed by atoms with van der Waals surface area (Å²) in [5.74, 6) is -1.53. The van der Waals surface area contributed by atoms with Crippen LogP contribution in [0, 0.1) is 5.82 Å². The fraction of sp³-hybridized carbons (Fsp3) is 0.100. The predicted octanol–water partition coefficient (Wildman–Crippen LogP) is 1.55. The van der Waals surface area contributed by atoms with Gasteiger partial charge in [0.2, 0.25) is 11.8 Å². The van der Waals surface area contributed by atoms with Crippen LogP contribution in [-0.2, 0) is 0 Å². The molecule has 8 heteroatoms. The molecule has 0 radical (unpaired) electrons. The lowest BCUT2D eigenvalue weighted by atomic mass is 10.4. The highest BCUT2D eigenvalue weighted by atomic mass is 32.2. The van der Waals surface area contributed by atoms with Crippen LogP contribution in [0.1, 0.15) is 0 Å². The molecule has 6 nitrogen and oxygen atoms in total. The minimum atomic E-state index is -0.733. The highest BCUT2D eigenvalue weighted by Crippen LogP contribution is 2.33. The molecule has 0 saturated carbocycles. The molecule has 0 aliphatic rings. The van der Waals surface area contributed by atoms with Crippen LogP contribution in [0.25, 0.3) is 16.6 Å². The molecule has 3 heterocycles. The summed E-state index contributed by atoms with van der Waals surface area (Å²) < 4.78 is 15.4. The topological polar surface area (TPSA) is 83.5 Å². The Morgan fingerprint density at radius 1 is 1.22 bits per heavy atom. The van der Waals surface area contributed by atoms with Gasteiger partial charge in [0.1, 0.15) is 16.6 Å². The summed E-state index contributed by atoms with van der Waals surface area (Å²) in [6.45, 7) is 0. The van der Waals surface area contributed by atoms with Crippen LogP contribution in [0.3, 0.4) is 0 Å². The average molecular weight is 266 g/mol. The molecular formula is C10H7FN4O2S. The molecule has 3 aromatic heterocycles. The minimum absolute atomic E-state index is 0.0462. The van der Waals surface area contributed by atoms with Crippen molar-refractivity contribution in [3.8, 4) is 11.8 Å². The third-order valence-electron chi connectivity index (χ3n) is 2.55. The van der Waals surface area contributed by atoms with E-state index in [1.165, 1.54) is 28.6 Å². The van der Waals surface area contributed by atoms with Crippen LogP contribution < -0.4 is 0 Å². The van der Waals surface area contributed by atoms with Crippen LogP contribution in [0.5, 0.6) is 11.8 Å². The number of thioether (sulfide) groups is 1. The van der Waals surface area contributed by atoms with Gasteiger partial charge >= 0.3 is 0 Å². The van der Waals surface area contributed by atoms with Crippen LogP contribution in [0.4, 0.5) is 4.39 Å². The third-order valence-corrected chi connectivity index (χ3v) is 3.10. The van der Waals surface area contributed by atoms with E-state index in [0.717, 1.165) is 0 Å². The largest absolute Gasteiger partial charge is 0.492 e. The van der Waals surface area contributed by atoms with Crippen molar-refractivity contribution in [3.63, 3.8) is 0 Å². The molecule has 92 valence electrons. The summed E-state index contributed by atoms with van der Waals surface area (Å²) in [4.78, 5) is 11.4. The van der Waals surface area contributed by atoms with Crippen molar-refractivity contribution in [2.45, 2.75) is 5.16 Å².